The molecule has 0 aromatic carbocycles. The van der Waals surface area contributed by atoms with Crippen LogP contribution >= 0.6 is 0 Å². The SMILES string of the molecule is CC1(C)CCC(O)(C2C=CCN2)C1. The summed E-state index contributed by atoms with van der Waals surface area (Å²) in [5.74, 6) is 0. The third-order valence-corrected chi connectivity index (χ3v) is 3.38. The molecule has 1 heterocycles. The van der Waals surface area contributed by atoms with E-state index in [4.69, 9.17) is 0 Å². The molecule has 1 aliphatic carbocycles. The first-order valence-electron chi connectivity index (χ1n) is 5.14. The lowest BCUT2D eigenvalue weighted by Crippen LogP contribution is -2.46. The highest BCUT2D eigenvalue weighted by molar-refractivity contribution is 5.14. The van der Waals surface area contributed by atoms with Crippen LogP contribution in [0, 0.1) is 5.41 Å². The summed E-state index contributed by atoms with van der Waals surface area (Å²) in [5, 5.41) is 13.7. The number of nitrogens with one attached hydrogen (secondary N) is 1. The van der Waals surface area contributed by atoms with E-state index in [0.717, 1.165) is 25.8 Å². The minimum atomic E-state index is -0.490. The first-order valence-corrected chi connectivity index (χ1v) is 5.14. The van der Waals surface area contributed by atoms with E-state index < -0.39 is 5.60 Å². The maximum Gasteiger partial charge on any atom is 0.0841 e. The maximum atomic E-state index is 10.4. The number of rotatable bonds is 1. The van der Waals surface area contributed by atoms with Crippen LogP contribution in [0.4, 0.5) is 0 Å². The van der Waals surface area contributed by atoms with Crippen LogP contribution < -0.4 is 5.32 Å². The zero-order chi connectivity index (χ0) is 9.53. The summed E-state index contributed by atoms with van der Waals surface area (Å²) in [6, 6.07) is 0.189. The largest absolute Gasteiger partial charge is 0.388 e. The van der Waals surface area contributed by atoms with E-state index in [1.165, 1.54) is 0 Å². The molecule has 13 heavy (non-hydrogen) atoms. The van der Waals surface area contributed by atoms with Gasteiger partial charge in [-0.2, -0.15) is 0 Å². The Bertz CT molecular complexity index is 234. The first kappa shape index (κ1) is 9.22. The van der Waals surface area contributed by atoms with Crippen LogP contribution in [0.3, 0.4) is 0 Å². The first-order chi connectivity index (χ1) is 6.02. The zero-order valence-electron chi connectivity index (χ0n) is 8.51. The Hall–Kier alpha value is -0.340. The van der Waals surface area contributed by atoms with Gasteiger partial charge < -0.3 is 10.4 Å². The molecule has 74 valence electrons. The van der Waals surface area contributed by atoms with Crippen molar-refractivity contribution >= 4 is 0 Å². The van der Waals surface area contributed by atoms with Gasteiger partial charge in [0, 0.05) is 6.54 Å². The molecule has 1 aliphatic heterocycles. The van der Waals surface area contributed by atoms with Crippen molar-refractivity contribution in [2.45, 2.75) is 44.8 Å². The molecule has 2 rings (SSSR count). The van der Waals surface area contributed by atoms with Gasteiger partial charge in [-0.15, -0.1) is 0 Å². The van der Waals surface area contributed by atoms with Crippen molar-refractivity contribution in [2.24, 2.45) is 5.41 Å². The minimum Gasteiger partial charge on any atom is -0.388 e. The van der Waals surface area contributed by atoms with Gasteiger partial charge in [0.05, 0.1) is 11.6 Å². The topological polar surface area (TPSA) is 32.3 Å². The lowest BCUT2D eigenvalue weighted by Gasteiger charge is -2.30. The molecule has 0 radical (unpaired) electrons. The smallest absolute Gasteiger partial charge is 0.0841 e. The van der Waals surface area contributed by atoms with E-state index in [0.29, 0.717) is 5.41 Å². The molecule has 1 saturated carbocycles. The van der Waals surface area contributed by atoms with Gasteiger partial charge in [-0.25, -0.2) is 0 Å². The van der Waals surface area contributed by atoms with Gasteiger partial charge in [0.25, 0.3) is 0 Å². The fourth-order valence-electron chi connectivity index (χ4n) is 2.66. The monoisotopic (exact) mass is 181 g/mol. The lowest BCUT2D eigenvalue weighted by atomic mass is 9.86. The second-order valence-corrected chi connectivity index (χ2v) is 5.26. The van der Waals surface area contributed by atoms with E-state index >= 15 is 0 Å². The van der Waals surface area contributed by atoms with Crippen LogP contribution in [-0.4, -0.2) is 23.3 Å². The van der Waals surface area contributed by atoms with E-state index in [-0.39, 0.29) is 6.04 Å². The van der Waals surface area contributed by atoms with Crippen LogP contribution in [0.1, 0.15) is 33.1 Å². The average Bonchev–Trinajstić information content (AvgIpc) is 2.58. The van der Waals surface area contributed by atoms with E-state index in [1.807, 2.05) is 0 Å². The third kappa shape index (κ3) is 1.65. The van der Waals surface area contributed by atoms with Crippen molar-refractivity contribution in [3.8, 4) is 0 Å². The predicted octanol–water partition coefficient (Wildman–Crippen LogP) is 1.46. The van der Waals surface area contributed by atoms with Crippen molar-refractivity contribution in [1.29, 1.82) is 0 Å². The second-order valence-electron chi connectivity index (χ2n) is 5.26. The normalized spacial score (nSPS) is 42.8. The Balaban J connectivity index is 2.09. The van der Waals surface area contributed by atoms with Crippen molar-refractivity contribution in [3.63, 3.8) is 0 Å². The summed E-state index contributed by atoms with van der Waals surface area (Å²) in [7, 11) is 0. The van der Waals surface area contributed by atoms with E-state index in [1.54, 1.807) is 0 Å². The molecule has 1 fully saturated rings. The number of hydrogen-bond acceptors (Lipinski definition) is 2. The van der Waals surface area contributed by atoms with Gasteiger partial charge in [-0.3, -0.25) is 0 Å². The second kappa shape index (κ2) is 2.82. The molecule has 0 aromatic rings. The molecule has 0 amide bonds. The highest BCUT2D eigenvalue weighted by atomic mass is 16.3. The minimum absolute atomic E-state index is 0.189. The van der Waals surface area contributed by atoms with Gasteiger partial charge in [0.2, 0.25) is 0 Å². The summed E-state index contributed by atoms with van der Waals surface area (Å²) >= 11 is 0. The number of aliphatic hydroxyl groups is 1. The summed E-state index contributed by atoms with van der Waals surface area (Å²) < 4.78 is 0. The van der Waals surface area contributed by atoms with Crippen LogP contribution in [0.25, 0.3) is 0 Å². The molecule has 0 aromatic heterocycles. The molecule has 2 atom stereocenters. The van der Waals surface area contributed by atoms with Crippen LogP contribution in [0.2, 0.25) is 0 Å². The van der Waals surface area contributed by atoms with Crippen molar-refractivity contribution < 1.29 is 5.11 Å². The fourth-order valence-corrected chi connectivity index (χ4v) is 2.66. The molecule has 0 spiro atoms. The van der Waals surface area contributed by atoms with Gasteiger partial charge in [-0.05, 0) is 24.7 Å². The Morgan fingerprint density at radius 2 is 2.15 bits per heavy atom. The summed E-state index contributed by atoms with van der Waals surface area (Å²) in [6.45, 7) is 5.39. The molecule has 0 bridgehead atoms. The highest BCUT2D eigenvalue weighted by Crippen LogP contribution is 2.45. The van der Waals surface area contributed by atoms with Gasteiger partial charge >= 0.3 is 0 Å². The summed E-state index contributed by atoms with van der Waals surface area (Å²) in [6.07, 6.45) is 7.20. The summed E-state index contributed by atoms with van der Waals surface area (Å²) in [5.41, 5.74) is -0.177. The average molecular weight is 181 g/mol. The Morgan fingerprint density at radius 1 is 1.38 bits per heavy atom. The van der Waals surface area contributed by atoms with Crippen LogP contribution in [-0.2, 0) is 0 Å². The Labute approximate surface area is 80.0 Å². The fraction of sp³-hybridized carbons (Fsp3) is 0.818. The van der Waals surface area contributed by atoms with Gasteiger partial charge in [-0.1, -0.05) is 26.0 Å². The molecule has 2 nitrogen and oxygen atoms in total. The quantitative estimate of drug-likeness (QED) is 0.600. The molecular formula is C11H19NO. The van der Waals surface area contributed by atoms with Crippen molar-refractivity contribution in [3.05, 3.63) is 12.2 Å². The molecule has 2 N–H and O–H groups in total. The van der Waals surface area contributed by atoms with E-state index in [9.17, 15) is 5.11 Å². The predicted molar refractivity (Wildman–Crippen MR) is 53.5 cm³/mol. The Kier molecular flexibility index (Phi) is 2.00. The van der Waals surface area contributed by atoms with E-state index in [2.05, 4.69) is 31.3 Å². The summed E-state index contributed by atoms with van der Waals surface area (Å²) in [4.78, 5) is 0. The lowest BCUT2D eigenvalue weighted by molar-refractivity contribution is 0.0176. The molecule has 2 aliphatic rings. The third-order valence-electron chi connectivity index (χ3n) is 3.38. The maximum absolute atomic E-state index is 10.4. The van der Waals surface area contributed by atoms with Crippen molar-refractivity contribution in [2.75, 3.05) is 6.54 Å². The molecular weight excluding hydrogens is 162 g/mol. The van der Waals surface area contributed by atoms with Gasteiger partial charge in [0.15, 0.2) is 0 Å². The Morgan fingerprint density at radius 3 is 2.62 bits per heavy atom. The van der Waals surface area contributed by atoms with Gasteiger partial charge in [0.1, 0.15) is 0 Å². The highest BCUT2D eigenvalue weighted by Gasteiger charge is 2.46. The molecule has 0 saturated heterocycles. The van der Waals surface area contributed by atoms with Crippen molar-refractivity contribution in [1.82, 2.24) is 5.32 Å². The molecule has 2 heteroatoms. The van der Waals surface area contributed by atoms with Crippen LogP contribution in [0.15, 0.2) is 12.2 Å². The standard InChI is InChI=1S/C11H19NO/c1-10(2)5-6-11(13,8-10)9-4-3-7-12-9/h3-4,9,12-13H,5-8H2,1-2H3. The van der Waals surface area contributed by atoms with Crippen LogP contribution in [0.5, 0.6) is 0 Å². The zero-order valence-corrected chi connectivity index (χ0v) is 8.51. The number of hydrogen-bond donors (Lipinski definition) is 2. The molecule has 2 unspecified atom stereocenters.